The van der Waals surface area contributed by atoms with E-state index in [4.69, 9.17) is 5.73 Å². The van der Waals surface area contributed by atoms with Crippen LogP contribution in [0.1, 0.15) is 37.4 Å². The molecule has 0 fully saturated rings. The van der Waals surface area contributed by atoms with E-state index in [1.54, 1.807) is 0 Å². The molecular formula is C12H20ClNO. The molecule has 0 radical (unpaired) electrons. The molecule has 0 aromatic heterocycles. The van der Waals surface area contributed by atoms with Gasteiger partial charge in [-0.25, -0.2) is 0 Å². The number of halogens is 1. The van der Waals surface area contributed by atoms with E-state index in [-0.39, 0.29) is 18.4 Å². The molecule has 0 saturated carbocycles. The van der Waals surface area contributed by atoms with E-state index in [1.807, 2.05) is 25.1 Å². The van der Waals surface area contributed by atoms with Gasteiger partial charge in [0.2, 0.25) is 0 Å². The summed E-state index contributed by atoms with van der Waals surface area (Å²) in [5.74, 6) is 0.739. The molecule has 3 N–H and O–H groups in total. The minimum Gasteiger partial charge on any atom is -0.507 e. The van der Waals surface area contributed by atoms with Gasteiger partial charge in [0, 0.05) is 11.6 Å². The van der Waals surface area contributed by atoms with E-state index >= 15 is 0 Å². The van der Waals surface area contributed by atoms with Crippen LogP contribution in [-0.4, -0.2) is 5.11 Å². The number of nitrogens with two attached hydrogens (primary N) is 1. The summed E-state index contributed by atoms with van der Waals surface area (Å²) in [5, 5.41) is 9.83. The first-order valence-corrected chi connectivity index (χ1v) is 5.12. The zero-order valence-corrected chi connectivity index (χ0v) is 10.3. The van der Waals surface area contributed by atoms with Gasteiger partial charge in [0.1, 0.15) is 5.75 Å². The summed E-state index contributed by atoms with van der Waals surface area (Å²) in [6, 6.07) is 5.66. The predicted molar refractivity (Wildman–Crippen MR) is 66.5 cm³/mol. The second kappa shape index (κ2) is 5.99. The van der Waals surface area contributed by atoms with Gasteiger partial charge in [0.05, 0.1) is 0 Å². The molecule has 15 heavy (non-hydrogen) atoms. The smallest absolute Gasteiger partial charge is 0.123 e. The Bertz CT molecular complexity index is 314. The maximum absolute atomic E-state index is 9.83. The Kier molecular flexibility index (Phi) is 5.69. The molecule has 0 spiro atoms. The normalized spacial score (nSPS) is 14.1. The molecule has 3 heteroatoms. The molecule has 2 atom stereocenters. The fourth-order valence-corrected chi connectivity index (χ4v) is 1.51. The van der Waals surface area contributed by atoms with Gasteiger partial charge in [0.15, 0.2) is 0 Å². The average Bonchev–Trinajstić information content (AvgIpc) is 2.20. The summed E-state index contributed by atoms with van der Waals surface area (Å²) in [6.07, 6.45) is 1.02. The highest BCUT2D eigenvalue weighted by Crippen LogP contribution is 2.30. The number of aryl methyl sites for hydroxylation is 1. The summed E-state index contributed by atoms with van der Waals surface area (Å²) in [7, 11) is 0. The summed E-state index contributed by atoms with van der Waals surface area (Å²) < 4.78 is 0. The van der Waals surface area contributed by atoms with Gasteiger partial charge in [-0.3, -0.25) is 0 Å². The van der Waals surface area contributed by atoms with E-state index < -0.39 is 0 Å². The van der Waals surface area contributed by atoms with Gasteiger partial charge in [-0.15, -0.1) is 12.4 Å². The molecule has 0 saturated heterocycles. The maximum Gasteiger partial charge on any atom is 0.123 e. The van der Waals surface area contributed by atoms with Crippen LogP contribution in [0.25, 0.3) is 0 Å². The zero-order chi connectivity index (χ0) is 10.7. The highest BCUT2D eigenvalue weighted by molar-refractivity contribution is 5.85. The Labute approximate surface area is 97.9 Å². The van der Waals surface area contributed by atoms with Crippen molar-refractivity contribution < 1.29 is 5.11 Å². The Morgan fingerprint density at radius 3 is 2.53 bits per heavy atom. The van der Waals surface area contributed by atoms with Crippen molar-refractivity contribution in [2.24, 2.45) is 11.7 Å². The molecule has 0 aliphatic heterocycles. The third-order valence-corrected chi connectivity index (χ3v) is 2.89. The Hall–Kier alpha value is -0.730. The molecule has 0 heterocycles. The number of phenolic OH excluding ortho intramolecular Hbond substituents is 1. The topological polar surface area (TPSA) is 46.2 Å². The van der Waals surface area contributed by atoms with Crippen LogP contribution < -0.4 is 5.73 Å². The number of phenols is 1. The third kappa shape index (κ3) is 3.11. The molecule has 0 aliphatic carbocycles. The van der Waals surface area contributed by atoms with Crippen LogP contribution in [-0.2, 0) is 0 Å². The monoisotopic (exact) mass is 229 g/mol. The van der Waals surface area contributed by atoms with E-state index in [9.17, 15) is 5.11 Å². The van der Waals surface area contributed by atoms with E-state index in [0.29, 0.717) is 11.7 Å². The number of para-hydroxylation sites is 1. The summed E-state index contributed by atoms with van der Waals surface area (Å²) in [4.78, 5) is 0. The first kappa shape index (κ1) is 14.3. The lowest BCUT2D eigenvalue weighted by molar-refractivity contribution is 0.417. The van der Waals surface area contributed by atoms with Crippen LogP contribution in [0.5, 0.6) is 5.75 Å². The van der Waals surface area contributed by atoms with E-state index in [2.05, 4.69) is 13.8 Å². The number of hydrogen-bond acceptors (Lipinski definition) is 2. The lowest BCUT2D eigenvalue weighted by Crippen LogP contribution is -2.18. The fourth-order valence-electron chi connectivity index (χ4n) is 1.51. The van der Waals surface area contributed by atoms with Crippen molar-refractivity contribution in [1.82, 2.24) is 0 Å². The standard InChI is InChI=1S/C12H19NO.ClH/c1-4-8(2)11(13)10-7-5-6-9(3)12(10)14;/h5-8,11,14H,4,13H2,1-3H3;1H/t8?,11-;/m0./s1. The summed E-state index contributed by atoms with van der Waals surface area (Å²) in [6.45, 7) is 6.10. The highest BCUT2D eigenvalue weighted by atomic mass is 35.5. The molecule has 0 bridgehead atoms. The maximum atomic E-state index is 9.83. The Balaban J connectivity index is 0.00000196. The first-order chi connectivity index (χ1) is 6.57. The van der Waals surface area contributed by atoms with Crippen molar-refractivity contribution in [2.45, 2.75) is 33.2 Å². The summed E-state index contributed by atoms with van der Waals surface area (Å²) in [5.41, 5.74) is 7.81. The molecule has 1 unspecified atom stereocenters. The number of aromatic hydroxyl groups is 1. The minimum absolute atomic E-state index is 0. The van der Waals surface area contributed by atoms with Crippen molar-refractivity contribution in [3.8, 4) is 5.75 Å². The van der Waals surface area contributed by atoms with Crippen molar-refractivity contribution in [3.05, 3.63) is 29.3 Å². The van der Waals surface area contributed by atoms with E-state index in [1.165, 1.54) is 0 Å². The number of rotatable bonds is 3. The number of benzene rings is 1. The van der Waals surface area contributed by atoms with Gasteiger partial charge in [0.25, 0.3) is 0 Å². The van der Waals surface area contributed by atoms with Crippen LogP contribution >= 0.6 is 12.4 Å². The highest BCUT2D eigenvalue weighted by Gasteiger charge is 2.16. The molecule has 1 aromatic carbocycles. The van der Waals surface area contributed by atoms with Crippen LogP contribution in [0.4, 0.5) is 0 Å². The van der Waals surface area contributed by atoms with Crippen molar-refractivity contribution in [3.63, 3.8) is 0 Å². The van der Waals surface area contributed by atoms with Crippen LogP contribution in [0.15, 0.2) is 18.2 Å². The first-order valence-electron chi connectivity index (χ1n) is 5.12. The molecule has 86 valence electrons. The van der Waals surface area contributed by atoms with Crippen LogP contribution in [0.2, 0.25) is 0 Å². The van der Waals surface area contributed by atoms with Gasteiger partial charge >= 0.3 is 0 Å². The van der Waals surface area contributed by atoms with Crippen molar-refractivity contribution >= 4 is 12.4 Å². The lowest BCUT2D eigenvalue weighted by Gasteiger charge is -2.20. The van der Waals surface area contributed by atoms with Gasteiger partial charge < -0.3 is 10.8 Å². The molecule has 0 amide bonds. The van der Waals surface area contributed by atoms with Crippen molar-refractivity contribution in [1.29, 1.82) is 0 Å². The van der Waals surface area contributed by atoms with E-state index in [0.717, 1.165) is 17.5 Å². The Morgan fingerprint density at radius 2 is 2.00 bits per heavy atom. The average molecular weight is 230 g/mol. The van der Waals surface area contributed by atoms with Crippen molar-refractivity contribution in [2.75, 3.05) is 0 Å². The zero-order valence-electron chi connectivity index (χ0n) is 9.53. The SMILES string of the molecule is CCC(C)[C@H](N)c1cccc(C)c1O.Cl. The quantitative estimate of drug-likeness (QED) is 0.837. The van der Waals surface area contributed by atoms with Gasteiger partial charge in [-0.1, -0.05) is 38.5 Å². The second-order valence-corrected chi connectivity index (χ2v) is 3.92. The van der Waals surface area contributed by atoms with Gasteiger partial charge in [-0.2, -0.15) is 0 Å². The number of hydrogen-bond donors (Lipinski definition) is 2. The fraction of sp³-hybridized carbons (Fsp3) is 0.500. The summed E-state index contributed by atoms with van der Waals surface area (Å²) >= 11 is 0. The Morgan fingerprint density at radius 1 is 1.40 bits per heavy atom. The lowest BCUT2D eigenvalue weighted by atomic mass is 9.92. The molecule has 2 nitrogen and oxygen atoms in total. The minimum atomic E-state index is -0.0695. The predicted octanol–water partition coefficient (Wildman–Crippen LogP) is 3.17. The third-order valence-electron chi connectivity index (χ3n) is 2.89. The second-order valence-electron chi connectivity index (χ2n) is 3.92. The van der Waals surface area contributed by atoms with Crippen LogP contribution in [0.3, 0.4) is 0 Å². The molecule has 0 aliphatic rings. The van der Waals surface area contributed by atoms with Gasteiger partial charge in [-0.05, 0) is 18.4 Å². The molecule has 1 aromatic rings. The molecule has 1 rings (SSSR count). The largest absolute Gasteiger partial charge is 0.507 e. The van der Waals surface area contributed by atoms with Crippen LogP contribution in [0, 0.1) is 12.8 Å². The molecular weight excluding hydrogens is 210 g/mol.